The SMILES string of the molecule is CCOC(=O)c1c(C)oc2c1c(CN1CCc3cc(-c4ccc5c(c4)c(O)c(C(c4ccncc4)N4CCc6cc(-c7ccc8c(c7)c(O)c(C(c7ccncc7)N7CCN(CC)CC7)c7c(C(=O)OCC)c(C)oc78)ccc6C4)c4c(C(=O)OCC)c(C)oc45)ccc3C1)c(O)c1ccccc12. The number of pyridine rings is 2. The second kappa shape index (κ2) is 27.1. The van der Waals surface area contributed by atoms with E-state index < -0.39 is 30.0 Å². The quantitative estimate of drug-likeness (QED) is 0.0570. The molecule has 0 bridgehead atoms. The first-order valence-electron chi connectivity index (χ1n) is 35.7. The lowest BCUT2D eigenvalue weighted by Crippen LogP contribution is -2.47. The highest BCUT2D eigenvalue weighted by atomic mass is 16.5. The minimum Gasteiger partial charge on any atom is -0.507 e. The van der Waals surface area contributed by atoms with E-state index in [4.69, 9.17) is 27.5 Å². The average Bonchev–Trinajstić information content (AvgIpc) is 1.65. The summed E-state index contributed by atoms with van der Waals surface area (Å²) in [5.74, 6) is -0.116. The number of piperazine rings is 1. The Bertz CT molecular complexity index is 5560. The van der Waals surface area contributed by atoms with Crippen molar-refractivity contribution in [3.63, 3.8) is 0 Å². The number of hydrogen-bond acceptors (Lipinski definition) is 18. The minimum absolute atomic E-state index is 0.0187. The number of aryl methyl sites for hydroxylation is 3. The second-order valence-electron chi connectivity index (χ2n) is 27.3. The van der Waals surface area contributed by atoms with Gasteiger partial charge in [-0.2, -0.15) is 0 Å². The first-order chi connectivity index (χ1) is 50.1. The van der Waals surface area contributed by atoms with Gasteiger partial charge < -0.3 is 47.7 Å². The molecule has 2 unspecified atom stereocenters. The number of aromatic nitrogens is 2. The van der Waals surface area contributed by atoms with Crippen LogP contribution in [0.2, 0.25) is 0 Å². The Labute approximate surface area is 595 Å². The number of hydrogen-bond donors (Lipinski definition) is 3. The number of carbonyl (C=O) groups is 3. The molecule has 0 saturated carbocycles. The molecular weight excluding hydrogens is 1300 g/mol. The molecule has 3 aliphatic rings. The van der Waals surface area contributed by atoms with E-state index in [0.717, 1.165) is 88.2 Å². The first-order valence-corrected chi connectivity index (χ1v) is 35.7. The van der Waals surface area contributed by atoms with Crippen LogP contribution in [0.15, 0.2) is 159 Å². The Balaban J connectivity index is 0.752. The Kier molecular flexibility index (Phi) is 17.6. The molecule has 103 heavy (non-hydrogen) atoms. The highest BCUT2D eigenvalue weighted by Crippen LogP contribution is 2.52. The number of likely N-dealkylation sites (N-methyl/N-ethyl adjacent to an activating group) is 1. The molecule has 18 heteroatoms. The van der Waals surface area contributed by atoms with E-state index in [1.807, 2.05) is 84.9 Å². The van der Waals surface area contributed by atoms with Crippen molar-refractivity contribution in [2.24, 2.45) is 0 Å². The zero-order valence-electron chi connectivity index (χ0n) is 58.8. The van der Waals surface area contributed by atoms with Gasteiger partial charge in [0.15, 0.2) is 0 Å². The molecule has 3 aliphatic heterocycles. The van der Waals surface area contributed by atoms with Crippen molar-refractivity contribution >= 4 is 83.1 Å². The van der Waals surface area contributed by atoms with Gasteiger partial charge in [0, 0.05) is 149 Å². The van der Waals surface area contributed by atoms with Crippen molar-refractivity contribution in [3.8, 4) is 39.5 Å². The van der Waals surface area contributed by atoms with E-state index in [0.29, 0.717) is 151 Å². The average molecular weight is 1380 g/mol. The minimum atomic E-state index is -0.610. The summed E-state index contributed by atoms with van der Waals surface area (Å²) in [5, 5.41) is 44.0. The van der Waals surface area contributed by atoms with Crippen LogP contribution in [0, 0.1) is 20.8 Å². The number of rotatable bonds is 17. The maximum Gasteiger partial charge on any atom is 0.342 e. The molecule has 13 aromatic rings. The fourth-order valence-electron chi connectivity index (χ4n) is 16.6. The highest BCUT2D eigenvalue weighted by molar-refractivity contribution is 6.20. The number of fused-ring (bicyclic) bond motifs is 11. The van der Waals surface area contributed by atoms with E-state index in [1.165, 1.54) is 5.56 Å². The molecule has 8 heterocycles. The van der Waals surface area contributed by atoms with Gasteiger partial charge in [-0.25, -0.2) is 14.4 Å². The lowest BCUT2D eigenvalue weighted by Gasteiger charge is -2.40. The van der Waals surface area contributed by atoms with Crippen molar-refractivity contribution in [2.45, 2.75) is 93.0 Å². The van der Waals surface area contributed by atoms with Crippen LogP contribution in [0.1, 0.15) is 138 Å². The summed E-state index contributed by atoms with van der Waals surface area (Å²) in [4.78, 5) is 60.2. The maximum absolute atomic E-state index is 14.4. The number of aromatic hydroxyl groups is 3. The van der Waals surface area contributed by atoms with Crippen molar-refractivity contribution in [2.75, 3.05) is 65.6 Å². The van der Waals surface area contributed by atoms with Crippen molar-refractivity contribution in [3.05, 3.63) is 230 Å². The largest absolute Gasteiger partial charge is 0.507 e. The van der Waals surface area contributed by atoms with Crippen molar-refractivity contribution < 1.29 is 57.2 Å². The van der Waals surface area contributed by atoms with Gasteiger partial charge in [-0.1, -0.05) is 79.7 Å². The Morgan fingerprint density at radius 2 is 0.864 bits per heavy atom. The molecule has 0 spiro atoms. The van der Waals surface area contributed by atoms with Crippen LogP contribution in [0.3, 0.4) is 0 Å². The number of nitrogens with zero attached hydrogens (tertiary/aromatic N) is 6. The summed E-state index contributed by atoms with van der Waals surface area (Å²) in [6.45, 7) is 20.1. The van der Waals surface area contributed by atoms with E-state index in [1.54, 1.807) is 66.3 Å². The van der Waals surface area contributed by atoms with E-state index in [2.05, 4.69) is 72.9 Å². The molecule has 3 N–H and O–H groups in total. The third kappa shape index (κ3) is 11.5. The smallest absolute Gasteiger partial charge is 0.342 e. The van der Waals surface area contributed by atoms with Crippen LogP contribution in [-0.2, 0) is 46.7 Å². The summed E-state index contributed by atoms with van der Waals surface area (Å²) < 4.78 is 36.7. The zero-order valence-corrected chi connectivity index (χ0v) is 58.8. The molecule has 1 fully saturated rings. The van der Waals surface area contributed by atoms with Gasteiger partial charge in [0.05, 0.1) is 31.9 Å². The van der Waals surface area contributed by atoms with Gasteiger partial charge in [0.1, 0.15) is 68.0 Å². The first kappa shape index (κ1) is 66.6. The van der Waals surface area contributed by atoms with E-state index in [-0.39, 0.29) is 42.6 Å². The predicted octanol–water partition coefficient (Wildman–Crippen LogP) is 16.5. The topological polar surface area (TPSA) is 218 Å². The van der Waals surface area contributed by atoms with Crippen LogP contribution >= 0.6 is 0 Å². The Hall–Kier alpha value is -10.9. The van der Waals surface area contributed by atoms with Gasteiger partial charge in [-0.05, 0) is 165 Å². The maximum atomic E-state index is 14.4. The lowest BCUT2D eigenvalue weighted by atomic mass is 9.86. The van der Waals surface area contributed by atoms with Crippen LogP contribution in [0.25, 0.3) is 87.5 Å². The number of phenols is 3. The third-order valence-corrected chi connectivity index (χ3v) is 21.6. The number of furan rings is 3. The van der Waals surface area contributed by atoms with Gasteiger partial charge in [0.2, 0.25) is 0 Å². The molecule has 2 atom stereocenters. The Morgan fingerprint density at radius 1 is 0.437 bits per heavy atom. The third-order valence-electron chi connectivity index (χ3n) is 21.6. The van der Waals surface area contributed by atoms with Gasteiger partial charge in [-0.15, -0.1) is 0 Å². The number of carbonyl (C=O) groups excluding carboxylic acids is 3. The number of esters is 3. The Morgan fingerprint density at radius 3 is 1.36 bits per heavy atom. The fourth-order valence-corrected chi connectivity index (χ4v) is 16.6. The van der Waals surface area contributed by atoms with Crippen molar-refractivity contribution in [1.82, 2.24) is 29.6 Å². The monoisotopic (exact) mass is 1380 g/mol. The molecule has 522 valence electrons. The lowest BCUT2D eigenvalue weighted by molar-refractivity contribution is 0.0516. The van der Waals surface area contributed by atoms with E-state index >= 15 is 0 Å². The van der Waals surface area contributed by atoms with Crippen LogP contribution < -0.4 is 0 Å². The highest BCUT2D eigenvalue weighted by Gasteiger charge is 2.39. The molecule has 0 aliphatic carbocycles. The molecule has 1 saturated heterocycles. The molecule has 0 radical (unpaired) electrons. The molecular formula is C85H80N6O12. The van der Waals surface area contributed by atoms with Crippen LogP contribution in [0.4, 0.5) is 0 Å². The van der Waals surface area contributed by atoms with Crippen LogP contribution in [-0.4, -0.2) is 128 Å². The van der Waals surface area contributed by atoms with Gasteiger partial charge in [-0.3, -0.25) is 24.7 Å². The summed E-state index contributed by atoms with van der Waals surface area (Å²) in [6.07, 6.45) is 8.40. The summed E-state index contributed by atoms with van der Waals surface area (Å²) in [7, 11) is 0. The molecule has 0 amide bonds. The number of ether oxygens (including phenoxy) is 3. The van der Waals surface area contributed by atoms with Gasteiger partial charge >= 0.3 is 17.9 Å². The fraction of sp³-hybridized carbons (Fsp3) is 0.282. The van der Waals surface area contributed by atoms with E-state index in [9.17, 15) is 29.7 Å². The normalized spacial score (nSPS) is 15.3. The standard InChI is InChI=1S/C85H80N6O12/c1-8-88-36-38-90(39-37-88)75(50-24-30-86-31-25-50)73-71-68(84(96)99-10-3)48(6)102-81(71)62-22-21-55(42-64(62)78(73)93)53-17-19-59-45-91(35-29-57(59)41-53)76(51-26-32-87-33-27-51)74-72-69(85(97)100-11-4)49(7)103-82(72)63-23-20-54(43-65(63)79(74)94)52-16-18-58-44-89(34-28-56(58)40-52)46-66-70-67(83(95)98-9-2)47(5)101-80(70)61-15-13-12-14-60(61)77(66)92/h12-27,30-33,40-43,75-76,92-94H,8-11,28-29,34-39,44-46H2,1-7H3. The molecule has 18 nitrogen and oxygen atoms in total. The van der Waals surface area contributed by atoms with Gasteiger partial charge in [0.25, 0.3) is 0 Å². The second-order valence-corrected chi connectivity index (χ2v) is 27.3. The number of phenolic OH excluding ortho intramolecular Hbond substituents is 3. The molecule has 16 rings (SSSR count). The zero-order chi connectivity index (χ0) is 71.1. The number of benzene rings is 8. The van der Waals surface area contributed by atoms with Crippen molar-refractivity contribution in [1.29, 1.82) is 0 Å². The summed E-state index contributed by atoms with van der Waals surface area (Å²) >= 11 is 0. The molecule has 5 aromatic heterocycles. The summed E-state index contributed by atoms with van der Waals surface area (Å²) in [5.41, 5.74) is 14.2. The van der Waals surface area contributed by atoms with Crippen LogP contribution in [0.5, 0.6) is 17.2 Å². The molecule has 8 aromatic carbocycles. The summed E-state index contributed by atoms with van der Waals surface area (Å²) in [6, 6.07) is 39.4. The predicted molar refractivity (Wildman–Crippen MR) is 397 cm³/mol.